The van der Waals surface area contributed by atoms with Crippen LogP contribution in [0.3, 0.4) is 0 Å². The van der Waals surface area contributed by atoms with E-state index in [0.717, 1.165) is 0 Å². The molecule has 9 nitrogen and oxygen atoms in total. The fraction of sp³-hybridized carbons (Fsp3) is 0.714. The van der Waals surface area contributed by atoms with Gasteiger partial charge in [-0.05, 0) is 11.1 Å². The SMILES string of the molecule is OCC1=C[C@H](N[C@H]2C=C(CO)[C@@H](O)[C@H](O)[C@H]2O)[C@H](O)[C@@H](O)[C@@H]1O. The zero-order valence-corrected chi connectivity index (χ0v) is 12.3. The molecule has 0 fully saturated rings. The summed E-state index contributed by atoms with van der Waals surface area (Å²) in [4.78, 5) is 0. The Morgan fingerprint density at radius 3 is 1.30 bits per heavy atom. The summed E-state index contributed by atoms with van der Waals surface area (Å²) >= 11 is 0. The van der Waals surface area contributed by atoms with Gasteiger partial charge < -0.3 is 40.9 Å². The number of rotatable bonds is 4. The molecule has 9 N–H and O–H groups in total. The van der Waals surface area contributed by atoms with Crippen molar-refractivity contribution in [2.24, 2.45) is 0 Å². The summed E-state index contributed by atoms with van der Waals surface area (Å²) in [6, 6.07) is -1.84. The van der Waals surface area contributed by atoms with Crippen LogP contribution in [0.1, 0.15) is 0 Å². The fourth-order valence-corrected chi connectivity index (χ4v) is 2.90. The van der Waals surface area contributed by atoms with Crippen molar-refractivity contribution in [3.05, 3.63) is 23.3 Å². The van der Waals surface area contributed by atoms with Crippen molar-refractivity contribution in [1.82, 2.24) is 5.32 Å². The molecule has 132 valence electrons. The topological polar surface area (TPSA) is 174 Å². The Balaban J connectivity index is 2.23. The highest BCUT2D eigenvalue weighted by Crippen LogP contribution is 2.24. The zero-order valence-electron chi connectivity index (χ0n) is 12.3. The maximum Gasteiger partial charge on any atom is 0.111 e. The maximum atomic E-state index is 10.0. The minimum Gasteiger partial charge on any atom is -0.392 e. The third-order valence-corrected chi connectivity index (χ3v) is 4.38. The molecule has 0 saturated carbocycles. The van der Waals surface area contributed by atoms with Gasteiger partial charge in [-0.3, -0.25) is 5.32 Å². The van der Waals surface area contributed by atoms with E-state index in [4.69, 9.17) is 0 Å². The summed E-state index contributed by atoms with van der Waals surface area (Å²) in [6.45, 7) is -1.04. The van der Waals surface area contributed by atoms with Crippen molar-refractivity contribution in [2.45, 2.75) is 48.7 Å². The van der Waals surface area contributed by atoms with Gasteiger partial charge in [0.25, 0.3) is 0 Å². The quantitative estimate of drug-likeness (QED) is 0.229. The third-order valence-electron chi connectivity index (χ3n) is 4.38. The standard InChI is InChI=1S/C14H23NO8/c16-3-5-1-7(11(20)13(22)9(5)18)15-8-2-6(4-17)10(19)14(23)12(8)21/h1-2,7-23H,3-4H2/t7-,8-,9+,10+,11-,12-,13-,14-/m0/s1. The Bertz CT molecular complexity index is 439. The first kappa shape index (κ1) is 18.5. The first-order valence-corrected chi connectivity index (χ1v) is 7.29. The average molecular weight is 333 g/mol. The van der Waals surface area contributed by atoms with E-state index in [2.05, 4.69) is 5.32 Å². The molecule has 0 aromatic heterocycles. The van der Waals surface area contributed by atoms with Crippen molar-refractivity contribution in [3.63, 3.8) is 0 Å². The normalized spacial score (nSPS) is 44.7. The molecule has 0 unspecified atom stereocenters. The monoisotopic (exact) mass is 333 g/mol. The van der Waals surface area contributed by atoms with Gasteiger partial charge in [0.1, 0.15) is 36.6 Å². The Morgan fingerprint density at radius 1 is 0.652 bits per heavy atom. The number of hydrogen-bond donors (Lipinski definition) is 9. The van der Waals surface area contributed by atoms with Gasteiger partial charge in [0.15, 0.2) is 0 Å². The molecule has 0 aliphatic heterocycles. The summed E-state index contributed by atoms with van der Waals surface area (Å²) in [5.74, 6) is 0. The largest absolute Gasteiger partial charge is 0.392 e. The fourth-order valence-electron chi connectivity index (χ4n) is 2.90. The van der Waals surface area contributed by atoms with Gasteiger partial charge in [-0.2, -0.15) is 0 Å². The van der Waals surface area contributed by atoms with Gasteiger partial charge in [0, 0.05) is 0 Å². The van der Waals surface area contributed by atoms with Crippen LogP contribution in [-0.4, -0.2) is 103 Å². The van der Waals surface area contributed by atoms with Gasteiger partial charge in [-0.1, -0.05) is 12.2 Å². The second-order valence-electron chi connectivity index (χ2n) is 5.87. The highest BCUT2D eigenvalue weighted by atomic mass is 16.4. The van der Waals surface area contributed by atoms with Crippen LogP contribution in [0, 0.1) is 0 Å². The lowest BCUT2D eigenvalue weighted by atomic mass is 9.85. The first-order chi connectivity index (χ1) is 10.8. The highest BCUT2D eigenvalue weighted by Gasteiger charge is 2.41. The third kappa shape index (κ3) is 3.48. The molecule has 0 spiro atoms. The lowest BCUT2D eigenvalue weighted by molar-refractivity contribution is -0.0805. The van der Waals surface area contributed by atoms with Crippen molar-refractivity contribution in [2.75, 3.05) is 13.2 Å². The zero-order chi connectivity index (χ0) is 17.3. The molecule has 0 saturated heterocycles. The maximum absolute atomic E-state index is 10.0. The van der Waals surface area contributed by atoms with Crippen molar-refractivity contribution in [1.29, 1.82) is 0 Å². The Hall–Kier alpha value is -0.880. The smallest absolute Gasteiger partial charge is 0.111 e. The molecule has 0 aromatic rings. The molecule has 2 aliphatic rings. The molecule has 2 aliphatic carbocycles. The Kier molecular flexibility index (Phi) is 5.89. The van der Waals surface area contributed by atoms with E-state index in [0.29, 0.717) is 0 Å². The molecule has 0 heterocycles. The molecule has 0 amide bonds. The van der Waals surface area contributed by atoms with Crippen LogP contribution < -0.4 is 5.32 Å². The van der Waals surface area contributed by atoms with Gasteiger partial charge in [-0.15, -0.1) is 0 Å². The van der Waals surface area contributed by atoms with E-state index >= 15 is 0 Å². The first-order valence-electron chi connectivity index (χ1n) is 7.29. The highest BCUT2D eigenvalue weighted by molar-refractivity contribution is 5.25. The van der Waals surface area contributed by atoms with Crippen LogP contribution >= 0.6 is 0 Å². The minimum absolute atomic E-state index is 0.109. The molecular formula is C14H23NO8. The van der Waals surface area contributed by atoms with E-state index in [-0.39, 0.29) is 11.1 Å². The van der Waals surface area contributed by atoms with Gasteiger partial charge >= 0.3 is 0 Å². The average Bonchev–Trinajstić information content (AvgIpc) is 2.55. The molecule has 9 heteroatoms. The number of nitrogens with one attached hydrogen (secondary N) is 1. The summed E-state index contributed by atoms with van der Waals surface area (Å²) < 4.78 is 0. The van der Waals surface area contributed by atoms with E-state index in [9.17, 15) is 40.9 Å². The molecule has 8 atom stereocenters. The predicted octanol–water partition coefficient (Wildman–Crippen LogP) is -4.66. The van der Waals surface area contributed by atoms with Gasteiger partial charge in [0.2, 0.25) is 0 Å². The second-order valence-corrected chi connectivity index (χ2v) is 5.87. The van der Waals surface area contributed by atoms with Crippen LogP contribution in [0.4, 0.5) is 0 Å². The Morgan fingerprint density at radius 2 is 1.00 bits per heavy atom. The van der Waals surface area contributed by atoms with Crippen LogP contribution in [0.25, 0.3) is 0 Å². The van der Waals surface area contributed by atoms with Crippen molar-refractivity contribution >= 4 is 0 Å². The van der Waals surface area contributed by atoms with Gasteiger partial charge in [-0.25, -0.2) is 0 Å². The minimum atomic E-state index is -1.53. The number of hydrogen-bond acceptors (Lipinski definition) is 9. The van der Waals surface area contributed by atoms with E-state index < -0.39 is 61.9 Å². The number of aliphatic hydroxyl groups excluding tert-OH is 8. The van der Waals surface area contributed by atoms with E-state index in [1.165, 1.54) is 12.2 Å². The van der Waals surface area contributed by atoms with Gasteiger partial charge in [0.05, 0.1) is 25.3 Å². The van der Waals surface area contributed by atoms with Crippen LogP contribution in [0.15, 0.2) is 23.3 Å². The van der Waals surface area contributed by atoms with E-state index in [1.807, 2.05) is 0 Å². The van der Waals surface area contributed by atoms with Crippen molar-refractivity contribution in [3.8, 4) is 0 Å². The lowest BCUT2D eigenvalue weighted by Gasteiger charge is -2.40. The predicted molar refractivity (Wildman–Crippen MR) is 77.1 cm³/mol. The van der Waals surface area contributed by atoms with Crippen LogP contribution in [0.2, 0.25) is 0 Å². The second kappa shape index (κ2) is 7.34. The molecule has 0 aromatic carbocycles. The molecule has 23 heavy (non-hydrogen) atoms. The number of aliphatic hydroxyl groups is 8. The molecule has 2 rings (SSSR count). The summed E-state index contributed by atoms with van der Waals surface area (Å²) in [5.41, 5.74) is 0.218. The lowest BCUT2D eigenvalue weighted by Crippen LogP contribution is -2.61. The van der Waals surface area contributed by atoms with E-state index in [1.54, 1.807) is 0 Å². The summed E-state index contributed by atoms with van der Waals surface area (Å²) in [6.07, 6.45) is -6.03. The van der Waals surface area contributed by atoms with Crippen molar-refractivity contribution < 1.29 is 40.9 Å². The van der Waals surface area contributed by atoms with Crippen LogP contribution in [0.5, 0.6) is 0 Å². The summed E-state index contributed by atoms with van der Waals surface area (Å²) in [5, 5.41) is 80.2. The molecule has 0 radical (unpaired) electrons. The van der Waals surface area contributed by atoms with Crippen LogP contribution in [-0.2, 0) is 0 Å². The molecule has 0 bridgehead atoms. The summed E-state index contributed by atoms with van der Waals surface area (Å²) in [7, 11) is 0. The Labute approximate surface area is 132 Å². The molecular weight excluding hydrogens is 310 g/mol.